The Morgan fingerprint density at radius 1 is 1.38 bits per heavy atom. The summed E-state index contributed by atoms with van der Waals surface area (Å²) >= 11 is 0. The van der Waals surface area contributed by atoms with Crippen LogP contribution in [-0.2, 0) is 0 Å². The van der Waals surface area contributed by atoms with Crippen LogP contribution in [-0.4, -0.2) is 47.1 Å². The number of nitrogens with zero attached hydrogens (tertiary/aromatic N) is 4. The lowest BCUT2D eigenvalue weighted by Crippen LogP contribution is -2.31. The van der Waals surface area contributed by atoms with Gasteiger partial charge < -0.3 is 14.4 Å². The van der Waals surface area contributed by atoms with Gasteiger partial charge in [-0.1, -0.05) is 0 Å². The number of carbonyl (C=O) groups excluding carboxylic acids is 1. The first-order valence-electron chi connectivity index (χ1n) is 7.52. The second kappa shape index (κ2) is 6.96. The smallest absolute Gasteiger partial charge is 0.259 e. The van der Waals surface area contributed by atoms with E-state index in [0.29, 0.717) is 42.4 Å². The minimum atomic E-state index is -0.155. The third-order valence-corrected chi connectivity index (χ3v) is 3.78. The number of nitriles is 1. The molecule has 1 amide bonds. The fourth-order valence-corrected chi connectivity index (χ4v) is 2.61. The molecule has 1 fully saturated rings. The molecule has 0 aliphatic carbocycles. The monoisotopic (exact) mass is 324 g/mol. The molecule has 3 rings (SSSR count). The van der Waals surface area contributed by atoms with Crippen molar-refractivity contribution in [2.45, 2.75) is 12.5 Å². The van der Waals surface area contributed by atoms with Crippen LogP contribution in [0.2, 0.25) is 0 Å². The summed E-state index contributed by atoms with van der Waals surface area (Å²) in [6.45, 7) is 1.04. The van der Waals surface area contributed by atoms with Crippen LogP contribution in [0.4, 0.5) is 0 Å². The van der Waals surface area contributed by atoms with Gasteiger partial charge in [0, 0.05) is 31.4 Å². The lowest BCUT2D eigenvalue weighted by Gasteiger charge is -2.18. The number of rotatable bonds is 4. The maximum absolute atomic E-state index is 12.6. The van der Waals surface area contributed by atoms with Gasteiger partial charge in [-0.05, 0) is 18.2 Å². The minimum Gasteiger partial charge on any atom is -0.480 e. The van der Waals surface area contributed by atoms with Crippen LogP contribution in [0.1, 0.15) is 22.3 Å². The van der Waals surface area contributed by atoms with E-state index in [1.54, 1.807) is 35.4 Å². The van der Waals surface area contributed by atoms with Gasteiger partial charge in [-0.2, -0.15) is 5.26 Å². The van der Waals surface area contributed by atoms with Crippen molar-refractivity contribution in [2.24, 2.45) is 0 Å². The molecule has 1 unspecified atom stereocenters. The van der Waals surface area contributed by atoms with E-state index in [9.17, 15) is 4.79 Å². The van der Waals surface area contributed by atoms with E-state index in [-0.39, 0.29) is 12.0 Å². The number of hydrogen-bond donors (Lipinski definition) is 0. The Balaban J connectivity index is 1.67. The Morgan fingerprint density at radius 3 is 3.04 bits per heavy atom. The zero-order valence-electron chi connectivity index (χ0n) is 13.2. The molecule has 1 atom stereocenters. The Labute approximate surface area is 139 Å². The quantitative estimate of drug-likeness (QED) is 0.849. The molecular weight excluding hydrogens is 308 g/mol. The van der Waals surface area contributed by atoms with E-state index in [4.69, 9.17) is 14.7 Å². The van der Waals surface area contributed by atoms with Crippen LogP contribution in [0.5, 0.6) is 11.8 Å². The van der Waals surface area contributed by atoms with Crippen molar-refractivity contribution in [3.8, 4) is 17.8 Å². The largest absolute Gasteiger partial charge is 0.480 e. The lowest BCUT2D eigenvalue weighted by atomic mass is 10.2. The number of aromatic nitrogens is 2. The Bertz CT molecular complexity index is 787. The molecule has 0 N–H and O–H groups in total. The Hall–Kier alpha value is -3.14. The SMILES string of the molecule is COc1ncccc1C(=O)N1CCC(Oc2cc(C#N)ccn2)C1. The number of methoxy groups -OCH3 is 1. The van der Waals surface area contributed by atoms with Crippen molar-refractivity contribution in [3.63, 3.8) is 0 Å². The summed E-state index contributed by atoms with van der Waals surface area (Å²) in [6, 6.07) is 8.66. The predicted molar refractivity (Wildman–Crippen MR) is 84.7 cm³/mol. The molecule has 0 aromatic carbocycles. The van der Waals surface area contributed by atoms with Gasteiger partial charge in [0.05, 0.1) is 25.3 Å². The molecule has 24 heavy (non-hydrogen) atoms. The van der Waals surface area contributed by atoms with E-state index in [2.05, 4.69) is 9.97 Å². The number of amides is 1. The van der Waals surface area contributed by atoms with Crippen LogP contribution >= 0.6 is 0 Å². The van der Waals surface area contributed by atoms with Gasteiger partial charge in [-0.15, -0.1) is 0 Å². The second-order valence-electron chi connectivity index (χ2n) is 5.33. The maximum atomic E-state index is 12.6. The maximum Gasteiger partial charge on any atom is 0.259 e. The molecule has 0 radical (unpaired) electrons. The number of ether oxygens (including phenoxy) is 2. The molecule has 3 heterocycles. The average molecular weight is 324 g/mol. The van der Waals surface area contributed by atoms with Crippen molar-refractivity contribution in [2.75, 3.05) is 20.2 Å². The number of pyridine rings is 2. The number of carbonyl (C=O) groups is 1. The second-order valence-corrected chi connectivity index (χ2v) is 5.33. The third kappa shape index (κ3) is 3.27. The van der Waals surface area contributed by atoms with Gasteiger partial charge in [0.15, 0.2) is 0 Å². The van der Waals surface area contributed by atoms with E-state index >= 15 is 0 Å². The molecule has 1 aliphatic heterocycles. The molecule has 0 bridgehead atoms. The van der Waals surface area contributed by atoms with Crippen molar-refractivity contribution in [1.82, 2.24) is 14.9 Å². The number of likely N-dealkylation sites (tertiary alicyclic amines) is 1. The summed E-state index contributed by atoms with van der Waals surface area (Å²) in [5.74, 6) is 0.576. The Kier molecular flexibility index (Phi) is 4.57. The fourth-order valence-electron chi connectivity index (χ4n) is 2.61. The van der Waals surface area contributed by atoms with Crippen molar-refractivity contribution in [3.05, 3.63) is 47.8 Å². The topological polar surface area (TPSA) is 88.3 Å². The highest BCUT2D eigenvalue weighted by Crippen LogP contribution is 2.22. The first-order valence-corrected chi connectivity index (χ1v) is 7.52. The standard InChI is InChI=1S/C17H16N4O3/c1-23-16-14(3-2-6-20-16)17(22)21-8-5-13(11-21)24-15-9-12(10-18)4-7-19-15/h2-4,6-7,9,13H,5,8,11H2,1H3. The molecule has 2 aromatic heterocycles. The molecule has 7 nitrogen and oxygen atoms in total. The average Bonchev–Trinajstić information content (AvgIpc) is 3.09. The molecule has 0 spiro atoms. The van der Waals surface area contributed by atoms with Crippen LogP contribution in [0.3, 0.4) is 0 Å². The van der Waals surface area contributed by atoms with Gasteiger partial charge >= 0.3 is 0 Å². The zero-order chi connectivity index (χ0) is 16.9. The summed E-state index contributed by atoms with van der Waals surface area (Å²) in [4.78, 5) is 22.5. The van der Waals surface area contributed by atoms with Gasteiger partial charge in [-0.25, -0.2) is 9.97 Å². The Morgan fingerprint density at radius 2 is 2.25 bits per heavy atom. The van der Waals surface area contributed by atoms with Gasteiger partial charge in [0.1, 0.15) is 11.7 Å². The third-order valence-electron chi connectivity index (χ3n) is 3.78. The first-order chi connectivity index (χ1) is 11.7. The normalized spacial score (nSPS) is 16.5. The van der Waals surface area contributed by atoms with E-state index in [1.165, 1.54) is 13.3 Å². The predicted octanol–water partition coefficient (Wildman–Crippen LogP) is 1.65. The van der Waals surface area contributed by atoms with E-state index in [1.807, 2.05) is 6.07 Å². The lowest BCUT2D eigenvalue weighted by molar-refractivity contribution is 0.0767. The molecule has 122 valence electrons. The van der Waals surface area contributed by atoms with Crippen LogP contribution in [0.25, 0.3) is 0 Å². The van der Waals surface area contributed by atoms with Crippen molar-refractivity contribution in [1.29, 1.82) is 5.26 Å². The van der Waals surface area contributed by atoms with Crippen LogP contribution in [0, 0.1) is 11.3 Å². The molecule has 1 saturated heterocycles. The highest BCUT2D eigenvalue weighted by atomic mass is 16.5. The van der Waals surface area contributed by atoms with Gasteiger partial charge in [0.2, 0.25) is 11.8 Å². The molecule has 2 aromatic rings. The fraction of sp³-hybridized carbons (Fsp3) is 0.294. The summed E-state index contributed by atoms with van der Waals surface area (Å²) < 4.78 is 10.9. The summed E-state index contributed by atoms with van der Waals surface area (Å²) in [7, 11) is 1.49. The van der Waals surface area contributed by atoms with E-state index in [0.717, 1.165) is 0 Å². The number of hydrogen-bond acceptors (Lipinski definition) is 6. The molecule has 7 heteroatoms. The van der Waals surface area contributed by atoms with E-state index < -0.39 is 0 Å². The first kappa shape index (κ1) is 15.7. The van der Waals surface area contributed by atoms with Crippen LogP contribution in [0.15, 0.2) is 36.7 Å². The van der Waals surface area contributed by atoms with Gasteiger partial charge in [-0.3, -0.25) is 4.79 Å². The highest BCUT2D eigenvalue weighted by Gasteiger charge is 2.30. The molecular formula is C17H16N4O3. The highest BCUT2D eigenvalue weighted by molar-refractivity contribution is 5.96. The molecule has 0 saturated carbocycles. The molecule has 1 aliphatic rings. The minimum absolute atomic E-state index is 0.134. The van der Waals surface area contributed by atoms with Crippen molar-refractivity contribution >= 4 is 5.91 Å². The summed E-state index contributed by atoms with van der Waals surface area (Å²) in [5.41, 5.74) is 0.927. The summed E-state index contributed by atoms with van der Waals surface area (Å²) in [5, 5.41) is 8.91. The van der Waals surface area contributed by atoms with Crippen molar-refractivity contribution < 1.29 is 14.3 Å². The summed E-state index contributed by atoms with van der Waals surface area (Å²) in [6.07, 6.45) is 3.66. The zero-order valence-corrected chi connectivity index (χ0v) is 13.2. The van der Waals surface area contributed by atoms with Crippen LogP contribution < -0.4 is 9.47 Å². The van der Waals surface area contributed by atoms with Gasteiger partial charge in [0.25, 0.3) is 5.91 Å².